The molecule has 0 aromatic rings. The summed E-state index contributed by atoms with van der Waals surface area (Å²) in [6.07, 6.45) is 21.4. The van der Waals surface area contributed by atoms with Gasteiger partial charge >= 0.3 is 0 Å². The molecule has 0 aliphatic carbocycles. The van der Waals surface area contributed by atoms with E-state index in [4.69, 9.17) is 10.2 Å². The molecule has 0 bridgehead atoms. The topological polar surface area (TPSA) is 80.9 Å². The minimum atomic E-state index is -0.551. The highest BCUT2D eigenvalue weighted by atomic mass is 16.3. The molecule has 0 aromatic carbocycles. The van der Waals surface area contributed by atoms with Gasteiger partial charge < -0.3 is 20.4 Å². The summed E-state index contributed by atoms with van der Waals surface area (Å²) in [6, 6.07) is 0. The number of hydrogen-bond donors (Lipinski definition) is 4. The minimum absolute atomic E-state index is 0.320. The molecular formula is C24H50O4. The maximum absolute atomic E-state index is 10.1. The van der Waals surface area contributed by atoms with Crippen LogP contribution in [0.4, 0.5) is 0 Å². The number of rotatable bonds is 23. The van der Waals surface area contributed by atoms with Gasteiger partial charge in [0.25, 0.3) is 0 Å². The molecule has 0 aliphatic heterocycles. The van der Waals surface area contributed by atoms with Crippen LogP contribution in [0.1, 0.15) is 128 Å². The first-order chi connectivity index (χ1) is 13.7. The first-order valence-electron chi connectivity index (χ1n) is 12.3. The molecule has 4 heteroatoms. The smallest absolute Gasteiger partial charge is 0.0799 e. The Bertz CT molecular complexity index is 258. The highest BCUT2D eigenvalue weighted by molar-refractivity contribution is 4.67. The SMILES string of the molecule is OCCCCCCCCCCCC(O)C(O)CCCCCCCCCCCO. The number of hydrogen-bond acceptors (Lipinski definition) is 4. The number of aliphatic hydroxyl groups excluding tert-OH is 4. The molecule has 2 atom stereocenters. The van der Waals surface area contributed by atoms with Gasteiger partial charge in [0.1, 0.15) is 0 Å². The zero-order chi connectivity index (χ0) is 20.7. The second-order valence-electron chi connectivity index (χ2n) is 8.52. The monoisotopic (exact) mass is 402 g/mol. The van der Waals surface area contributed by atoms with Gasteiger partial charge in [-0.15, -0.1) is 0 Å². The summed E-state index contributed by atoms with van der Waals surface area (Å²) in [4.78, 5) is 0. The standard InChI is InChI=1S/C24H50O4/c25-21-17-13-9-5-1-3-7-11-15-19-23(27)24(28)20-16-12-8-4-2-6-10-14-18-22-26/h23-28H,1-22H2. The summed E-state index contributed by atoms with van der Waals surface area (Å²) >= 11 is 0. The van der Waals surface area contributed by atoms with Crippen LogP contribution < -0.4 is 0 Å². The third kappa shape index (κ3) is 20.6. The Kier molecular flexibility index (Phi) is 23.0. The molecule has 0 aliphatic rings. The fourth-order valence-electron chi connectivity index (χ4n) is 3.79. The average molecular weight is 403 g/mol. The Morgan fingerprint density at radius 3 is 0.786 bits per heavy atom. The van der Waals surface area contributed by atoms with Crippen molar-refractivity contribution >= 4 is 0 Å². The van der Waals surface area contributed by atoms with Gasteiger partial charge in [0.05, 0.1) is 12.2 Å². The van der Waals surface area contributed by atoms with Crippen molar-refractivity contribution in [2.24, 2.45) is 0 Å². The summed E-state index contributed by atoms with van der Waals surface area (Å²) in [6.45, 7) is 0.641. The van der Waals surface area contributed by atoms with E-state index < -0.39 is 12.2 Å². The third-order valence-electron chi connectivity index (χ3n) is 5.76. The van der Waals surface area contributed by atoms with Crippen molar-refractivity contribution in [3.63, 3.8) is 0 Å². The molecule has 0 saturated heterocycles. The average Bonchev–Trinajstić information content (AvgIpc) is 2.70. The first-order valence-corrected chi connectivity index (χ1v) is 12.3. The van der Waals surface area contributed by atoms with Gasteiger partial charge in [-0.25, -0.2) is 0 Å². The van der Waals surface area contributed by atoms with Crippen LogP contribution >= 0.6 is 0 Å². The Morgan fingerprint density at radius 2 is 0.536 bits per heavy atom. The van der Waals surface area contributed by atoms with E-state index in [9.17, 15) is 10.2 Å². The Morgan fingerprint density at radius 1 is 0.321 bits per heavy atom. The second-order valence-corrected chi connectivity index (χ2v) is 8.52. The van der Waals surface area contributed by atoms with Crippen molar-refractivity contribution in [1.29, 1.82) is 0 Å². The maximum Gasteiger partial charge on any atom is 0.0799 e. The fraction of sp³-hybridized carbons (Fsp3) is 1.00. The molecule has 170 valence electrons. The lowest BCUT2D eigenvalue weighted by Gasteiger charge is -2.17. The van der Waals surface area contributed by atoms with E-state index in [1.54, 1.807) is 0 Å². The van der Waals surface area contributed by atoms with E-state index in [0.29, 0.717) is 13.2 Å². The minimum Gasteiger partial charge on any atom is -0.396 e. The lowest BCUT2D eigenvalue weighted by molar-refractivity contribution is 0.00711. The molecule has 0 radical (unpaired) electrons. The zero-order valence-electron chi connectivity index (χ0n) is 18.5. The number of aliphatic hydroxyl groups is 4. The lowest BCUT2D eigenvalue weighted by atomic mass is 9.99. The summed E-state index contributed by atoms with van der Waals surface area (Å²) in [7, 11) is 0. The number of unbranched alkanes of at least 4 members (excludes halogenated alkanes) is 16. The lowest BCUT2D eigenvalue weighted by Crippen LogP contribution is -2.25. The van der Waals surface area contributed by atoms with Gasteiger partial charge in [-0.05, 0) is 25.7 Å². The molecule has 0 saturated carbocycles. The maximum atomic E-state index is 10.1. The molecule has 0 rings (SSSR count). The molecular weight excluding hydrogens is 352 g/mol. The van der Waals surface area contributed by atoms with Crippen molar-refractivity contribution in [3.05, 3.63) is 0 Å². The van der Waals surface area contributed by atoms with Crippen molar-refractivity contribution < 1.29 is 20.4 Å². The zero-order valence-corrected chi connectivity index (χ0v) is 18.5. The van der Waals surface area contributed by atoms with Crippen LogP contribution in [0, 0.1) is 0 Å². The van der Waals surface area contributed by atoms with E-state index in [0.717, 1.165) is 64.2 Å². The predicted molar refractivity (Wildman–Crippen MR) is 119 cm³/mol. The summed E-state index contributed by atoms with van der Waals surface area (Å²) in [5.74, 6) is 0. The Hall–Kier alpha value is -0.160. The molecule has 0 heterocycles. The van der Waals surface area contributed by atoms with Crippen molar-refractivity contribution in [3.8, 4) is 0 Å². The molecule has 0 fully saturated rings. The van der Waals surface area contributed by atoms with Gasteiger partial charge in [0.15, 0.2) is 0 Å². The molecule has 4 N–H and O–H groups in total. The van der Waals surface area contributed by atoms with Crippen LogP contribution in [0.15, 0.2) is 0 Å². The molecule has 0 spiro atoms. The van der Waals surface area contributed by atoms with E-state index >= 15 is 0 Å². The van der Waals surface area contributed by atoms with Crippen LogP contribution in [0.5, 0.6) is 0 Å². The van der Waals surface area contributed by atoms with Crippen molar-refractivity contribution in [2.75, 3.05) is 13.2 Å². The summed E-state index contributed by atoms with van der Waals surface area (Å²) in [5, 5.41) is 37.6. The molecule has 2 unspecified atom stereocenters. The molecule has 28 heavy (non-hydrogen) atoms. The highest BCUT2D eigenvalue weighted by Crippen LogP contribution is 2.16. The predicted octanol–water partition coefficient (Wildman–Crippen LogP) is 5.49. The van der Waals surface area contributed by atoms with E-state index in [2.05, 4.69) is 0 Å². The quantitative estimate of drug-likeness (QED) is 0.170. The van der Waals surface area contributed by atoms with E-state index in [-0.39, 0.29) is 0 Å². The first kappa shape index (κ1) is 27.8. The van der Waals surface area contributed by atoms with Gasteiger partial charge in [-0.2, -0.15) is 0 Å². The molecule has 0 aromatic heterocycles. The van der Waals surface area contributed by atoms with Crippen molar-refractivity contribution in [1.82, 2.24) is 0 Å². The van der Waals surface area contributed by atoms with Gasteiger partial charge in [-0.1, -0.05) is 103 Å². The van der Waals surface area contributed by atoms with Gasteiger partial charge in [0, 0.05) is 13.2 Å². The normalized spacial score (nSPS) is 13.7. The van der Waals surface area contributed by atoms with Crippen LogP contribution in [-0.2, 0) is 0 Å². The van der Waals surface area contributed by atoms with Crippen LogP contribution in [0.3, 0.4) is 0 Å². The molecule has 4 nitrogen and oxygen atoms in total. The van der Waals surface area contributed by atoms with Crippen molar-refractivity contribution in [2.45, 2.75) is 141 Å². The van der Waals surface area contributed by atoms with E-state index in [1.807, 2.05) is 0 Å². The third-order valence-corrected chi connectivity index (χ3v) is 5.76. The summed E-state index contributed by atoms with van der Waals surface area (Å²) in [5.41, 5.74) is 0. The Balaban J connectivity index is 3.30. The van der Waals surface area contributed by atoms with Crippen LogP contribution in [0.25, 0.3) is 0 Å². The van der Waals surface area contributed by atoms with Gasteiger partial charge in [-0.3, -0.25) is 0 Å². The van der Waals surface area contributed by atoms with Crippen LogP contribution in [-0.4, -0.2) is 45.8 Å². The molecule has 0 amide bonds. The van der Waals surface area contributed by atoms with E-state index in [1.165, 1.54) is 64.2 Å². The Labute approximate surface area is 174 Å². The second kappa shape index (κ2) is 23.1. The van der Waals surface area contributed by atoms with Crippen LogP contribution in [0.2, 0.25) is 0 Å². The highest BCUT2D eigenvalue weighted by Gasteiger charge is 2.15. The fourth-order valence-corrected chi connectivity index (χ4v) is 3.79. The summed E-state index contributed by atoms with van der Waals surface area (Å²) < 4.78 is 0. The largest absolute Gasteiger partial charge is 0.396 e. The van der Waals surface area contributed by atoms with Gasteiger partial charge in [0.2, 0.25) is 0 Å².